The Kier molecular flexibility index (Phi) is 5.74. The minimum absolute atomic E-state index is 0.221. The standard InChI is InChI=1S/C12H15NO4/c14-11(8-17-9-12(15)16)13-7-6-10-4-2-1-3-5-10/h1-5H,6-9H2,(H,13,14)(H,15,16). The van der Waals surface area contributed by atoms with Crippen LogP contribution in [0.1, 0.15) is 5.56 Å². The van der Waals surface area contributed by atoms with Crippen LogP contribution in [0.4, 0.5) is 0 Å². The van der Waals surface area contributed by atoms with E-state index in [4.69, 9.17) is 5.11 Å². The average Bonchev–Trinajstić information content (AvgIpc) is 2.30. The van der Waals surface area contributed by atoms with Gasteiger partial charge in [0.1, 0.15) is 13.2 Å². The molecule has 0 saturated carbocycles. The zero-order valence-electron chi connectivity index (χ0n) is 9.39. The van der Waals surface area contributed by atoms with Gasteiger partial charge in [0.15, 0.2) is 0 Å². The highest BCUT2D eigenvalue weighted by Crippen LogP contribution is 1.97. The molecule has 5 heteroatoms. The number of nitrogens with one attached hydrogen (secondary N) is 1. The van der Waals surface area contributed by atoms with Gasteiger partial charge in [-0.2, -0.15) is 0 Å². The molecule has 0 spiro atoms. The van der Waals surface area contributed by atoms with Gasteiger partial charge in [0.25, 0.3) is 0 Å². The zero-order chi connectivity index (χ0) is 12.5. The molecule has 0 radical (unpaired) electrons. The third kappa shape index (κ3) is 6.32. The molecule has 0 fully saturated rings. The van der Waals surface area contributed by atoms with Crippen LogP contribution in [0.3, 0.4) is 0 Å². The molecule has 0 aliphatic heterocycles. The van der Waals surface area contributed by atoms with Crippen molar-refractivity contribution in [2.24, 2.45) is 0 Å². The SMILES string of the molecule is O=C(O)COCC(=O)NCCc1ccccc1. The number of hydrogen-bond donors (Lipinski definition) is 2. The lowest BCUT2D eigenvalue weighted by molar-refractivity contribution is -0.143. The predicted octanol–water partition coefficient (Wildman–Crippen LogP) is 0.446. The maximum absolute atomic E-state index is 11.2. The van der Waals surface area contributed by atoms with Crippen molar-refractivity contribution in [1.82, 2.24) is 5.32 Å². The summed E-state index contributed by atoms with van der Waals surface area (Å²) in [6.07, 6.45) is 0.742. The molecular weight excluding hydrogens is 222 g/mol. The fourth-order valence-electron chi connectivity index (χ4n) is 1.27. The Balaban J connectivity index is 2.10. The quantitative estimate of drug-likeness (QED) is 0.721. The number of rotatable bonds is 7. The number of carboxylic acid groups (broad SMARTS) is 1. The lowest BCUT2D eigenvalue weighted by Crippen LogP contribution is -2.30. The molecular formula is C12H15NO4. The second-order valence-corrected chi connectivity index (χ2v) is 3.47. The third-order valence-corrected chi connectivity index (χ3v) is 2.04. The Bertz CT molecular complexity index is 364. The minimum Gasteiger partial charge on any atom is -0.480 e. The monoisotopic (exact) mass is 237 g/mol. The van der Waals surface area contributed by atoms with E-state index in [2.05, 4.69) is 10.1 Å². The van der Waals surface area contributed by atoms with Crippen molar-refractivity contribution in [2.75, 3.05) is 19.8 Å². The topological polar surface area (TPSA) is 75.6 Å². The van der Waals surface area contributed by atoms with Crippen LogP contribution in [0.2, 0.25) is 0 Å². The molecule has 1 aromatic carbocycles. The predicted molar refractivity (Wildman–Crippen MR) is 61.6 cm³/mol. The van der Waals surface area contributed by atoms with Crippen LogP contribution in [0.25, 0.3) is 0 Å². The van der Waals surface area contributed by atoms with E-state index in [-0.39, 0.29) is 12.5 Å². The summed E-state index contributed by atoms with van der Waals surface area (Å²) < 4.78 is 4.65. The Hall–Kier alpha value is -1.88. The highest BCUT2D eigenvalue weighted by Gasteiger charge is 2.02. The van der Waals surface area contributed by atoms with Gasteiger partial charge in [-0.15, -0.1) is 0 Å². The molecule has 1 aromatic rings. The van der Waals surface area contributed by atoms with Crippen molar-refractivity contribution in [2.45, 2.75) is 6.42 Å². The summed E-state index contributed by atoms with van der Waals surface area (Å²) in [5.74, 6) is -1.38. The molecule has 17 heavy (non-hydrogen) atoms. The summed E-state index contributed by atoms with van der Waals surface area (Å²) in [6.45, 7) is -0.160. The van der Waals surface area contributed by atoms with Crippen LogP contribution in [0.15, 0.2) is 30.3 Å². The number of amides is 1. The van der Waals surface area contributed by atoms with Gasteiger partial charge in [-0.25, -0.2) is 4.79 Å². The van der Waals surface area contributed by atoms with Gasteiger partial charge in [0, 0.05) is 6.54 Å². The van der Waals surface area contributed by atoms with Crippen LogP contribution in [0, 0.1) is 0 Å². The van der Waals surface area contributed by atoms with E-state index < -0.39 is 12.6 Å². The van der Waals surface area contributed by atoms with Crippen molar-refractivity contribution in [3.05, 3.63) is 35.9 Å². The number of ether oxygens (including phenoxy) is 1. The van der Waals surface area contributed by atoms with E-state index in [1.807, 2.05) is 30.3 Å². The van der Waals surface area contributed by atoms with Gasteiger partial charge in [0.05, 0.1) is 0 Å². The van der Waals surface area contributed by atoms with Gasteiger partial charge < -0.3 is 15.2 Å². The van der Waals surface area contributed by atoms with E-state index in [9.17, 15) is 9.59 Å². The number of hydrogen-bond acceptors (Lipinski definition) is 3. The molecule has 5 nitrogen and oxygen atoms in total. The van der Waals surface area contributed by atoms with Crippen molar-refractivity contribution < 1.29 is 19.4 Å². The number of carbonyl (C=O) groups is 2. The normalized spacial score (nSPS) is 9.88. The van der Waals surface area contributed by atoms with Crippen molar-refractivity contribution in [1.29, 1.82) is 0 Å². The summed E-state index contributed by atoms with van der Waals surface area (Å²) in [6, 6.07) is 9.77. The Labute approximate surface area is 99.4 Å². The largest absolute Gasteiger partial charge is 0.480 e. The van der Waals surface area contributed by atoms with Crippen LogP contribution in [-0.4, -0.2) is 36.7 Å². The first-order chi connectivity index (χ1) is 8.18. The number of aliphatic carboxylic acids is 1. The molecule has 0 bridgehead atoms. The lowest BCUT2D eigenvalue weighted by atomic mass is 10.1. The van der Waals surface area contributed by atoms with Crippen LogP contribution >= 0.6 is 0 Å². The Morgan fingerprint density at radius 1 is 1.18 bits per heavy atom. The van der Waals surface area contributed by atoms with Gasteiger partial charge in [-0.05, 0) is 12.0 Å². The zero-order valence-corrected chi connectivity index (χ0v) is 9.39. The molecule has 0 unspecified atom stereocenters. The highest BCUT2D eigenvalue weighted by atomic mass is 16.5. The third-order valence-electron chi connectivity index (χ3n) is 2.04. The molecule has 0 aliphatic rings. The molecule has 2 N–H and O–H groups in total. The molecule has 0 aliphatic carbocycles. The summed E-state index contributed by atoms with van der Waals surface area (Å²) in [7, 11) is 0. The average molecular weight is 237 g/mol. The van der Waals surface area contributed by atoms with Crippen molar-refractivity contribution in [3.63, 3.8) is 0 Å². The van der Waals surface area contributed by atoms with Gasteiger partial charge in [-0.1, -0.05) is 30.3 Å². The first-order valence-electron chi connectivity index (χ1n) is 5.28. The molecule has 0 saturated heterocycles. The van der Waals surface area contributed by atoms with Crippen molar-refractivity contribution >= 4 is 11.9 Å². The number of carboxylic acids is 1. The summed E-state index contributed by atoms with van der Waals surface area (Å²) in [5, 5.41) is 10.9. The Morgan fingerprint density at radius 3 is 2.53 bits per heavy atom. The molecule has 0 aromatic heterocycles. The fraction of sp³-hybridized carbons (Fsp3) is 0.333. The first kappa shape index (κ1) is 13.2. The smallest absolute Gasteiger partial charge is 0.329 e. The highest BCUT2D eigenvalue weighted by molar-refractivity contribution is 5.77. The lowest BCUT2D eigenvalue weighted by Gasteiger charge is -2.05. The summed E-state index contributed by atoms with van der Waals surface area (Å²) >= 11 is 0. The number of benzene rings is 1. The van der Waals surface area contributed by atoms with E-state index in [0.29, 0.717) is 6.54 Å². The summed E-state index contributed by atoms with van der Waals surface area (Å²) in [4.78, 5) is 21.3. The van der Waals surface area contributed by atoms with E-state index in [0.717, 1.165) is 12.0 Å². The minimum atomic E-state index is -1.08. The second kappa shape index (κ2) is 7.40. The van der Waals surface area contributed by atoms with Gasteiger partial charge >= 0.3 is 5.97 Å². The summed E-state index contributed by atoms with van der Waals surface area (Å²) in [5.41, 5.74) is 1.14. The number of carbonyl (C=O) groups excluding carboxylic acids is 1. The molecule has 0 atom stereocenters. The maximum atomic E-state index is 11.2. The van der Waals surface area contributed by atoms with E-state index in [1.165, 1.54) is 0 Å². The van der Waals surface area contributed by atoms with Gasteiger partial charge in [0.2, 0.25) is 5.91 Å². The van der Waals surface area contributed by atoms with E-state index >= 15 is 0 Å². The Morgan fingerprint density at radius 2 is 1.88 bits per heavy atom. The maximum Gasteiger partial charge on any atom is 0.329 e. The molecule has 1 amide bonds. The second-order valence-electron chi connectivity index (χ2n) is 3.47. The molecule has 92 valence electrons. The van der Waals surface area contributed by atoms with Crippen LogP contribution in [0.5, 0.6) is 0 Å². The van der Waals surface area contributed by atoms with Crippen molar-refractivity contribution in [3.8, 4) is 0 Å². The fourth-order valence-corrected chi connectivity index (χ4v) is 1.27. The van der Waals surface area contributed by atoms with Crippen LogP contribution in [-0.2, 0) is 20.7 Å². The van der Waals surface area contributed by atoms with Crippen LogP contribution < -0.4 is 5.32 Å². The first-order valence-corrected chi connectivity index (χ1v) is 5.28. The molecule has 0 heterocycles. The van der Waals surface area contributed by atoms with Gasteiger partial charge in [-0.3, -0.25) is 4.79 Å². The molecule has 1 rings (SSSR count). The van der Waals surface area contributed by atoms with E-state index in [1.54, 1.807) is 0 Å².